The Labute approximate surface area is 170 Å². The maximum Gasteiger partial charge on any atom is 0.247 e. The van der Waals surface area contributed by atoms with Gasteiger partial charge < -0.3 is 9.73 Å². The lowest BCUT2D eigenvalue weighted by Crippen LogP contribution is -2.12. The van der Waals surface area contributed by atoms with E-state index in [9.17, 15) is 0 Å². The number of nitrogens with one attached hydrogen (secondary N) is 1. The van der Waals surface area contributed by atoms with Crippen LogP contribution in [0.15, 0.2) is 87.8 Å². The van der Waals surface area contributed by atoms with Gasteiger partial charge >= 0.3 is 0 Å². The van der Waals surface area contributed by atoms with E-state index >= 15 is 0 Å². The van der Waals surface area contributed by atoms with Gasteiger partial charge in [-0.15, -0.1) is 10.2 Å². The van der Waals surface area contributed by atoms with Gasteiger partial charge in [0.25, 0.3) is 0 Å². The van der Waals surface area contributed by atoms with Gasteiger partial charge in [-0.2, -0.15) is 0 Å². The molecule has 1 N–H and O–H groups in total. The Morgan fingerprint density at radius 1 is 0.852 bits per heavy atom. The molecule has 0 fully saturated rings. The van der Waals surface area contributed by atoms with Gasteiger partial charge in [-0.05, 0) is 54.1 Å². The third kappa shape index (κ3) is 4.21. The zero-order valence-corrected chi connectivity index (χ0v) is 16.5. The van der Waals surface area contributed by atoms with Crippen LogP contribution in [0.1, 0.15) is 17.5 Å². The van der Waals surface area contributed by atoms with Gasteiger partial charge in [0.2, 0.25) is 11.8 Å². The van der Waals surface area contributed by atoms with Crippen LogP contribution in [0, 0.1) is 0 Å². The van der Waals surface area contributed by atoms with E-state index < -0.39 is 0 Å². The highest BCUT2D eigenvalue weighted by Crippen LogP contribution is 2.29. The standard InChI is InChI=1S/C21H15BrClN3O/c22-16-8-12-18(13-9-16)24-19(14-6-10-17(23)11-7-14)21-26-25-20(27-21)15-4-2-1-3-5-15/h1-13,19,24H/t19-/m0/s1. The number of hydrogen-bond acceptors (Lipinski definition) is 4. The summed E-state index contributed by atoms with van der Waals surface area (Å²) in [6.07, 6.45) is 0. The molecule has 134 valence electrons. The van der Waals surface area contributed by atoms with Crippen molar-refractivity contribution in [1.82, 2.24) is 10.2 Å². The highest BCUT2D eigenvalue weighted by atomic mass is 79.9. The molecule has 0 aliphatic carbocycles. The van der Waals surface area contributed by atoms with Crippen molar-refractivity contribution in [3.63, 3.8) is 0 Å². The minimum atomic E-state index is -0.298. The molecule has 0 saturated heterocycles. The number of benzene rings is 3. The van der Waals surface area contributed by atoms with E-state index in [-0.39, 0.29) is 6.04 Å². The molecule has 4 nitrogen and oxygen atoms in total. The van der Waals surface area contributed by atoms with E-state index in [0.717, 1.165) is 21.3 Å². The second-order valence-corrected chi connectivity index (χ2v) is 7.30. The molecule has 0 saturated carbocycles. The summed E-state index contributed by atoms with van der Waals surface area (Å²) in [6, 6.07) is 24.9. The minimum Gasteiger partial charge on any atom is -0.418 e. The number of aromatic nitrogens is 2. The molecule has 4 aromatic rings. The Balaban J connectivity index is 1.70. The van der Waals surface area contributed by atoms with Gasteiger partial charge in [0.05, 0.1) is 0 Å². The van der Waals surface area contributed by atoms with Crippen molar-refractivity contribution in [2.24, 2.45) is 0 Å². The molecule has 0 aliphatic heterocycles. The van der Waals surface area contributed by atoms with Gasteiger partial charge in [-0.25, -0.2) is 0 Å². The fourth-order valence-corrected chi connectivity index (χ4v) is 3.09. The summed E-state index contributed by atoms with van der Waals surface area (Å²) in [5.74, 6) is 0.973. The van der Waals surface area contributed by atoms with Gasteiger partial charge in [0, 0.05) is 20.7 Å². The highest BCUT2D eigenvalue weighted by Gasteiger charge is 2.21. The molecule has 0 unspecified atom stereocenters. The minimum absolute atomic E-state index is 0.298. The monoisotopic (exact) mass is 439 g/mol. The third-order valence-corrected chi connectivity index (χ3v) is 4.85. The predicted octanol–water partition coefficient (Wildman–Crippen LogP) is 6.35. The average molecular weight is 441 g/mol. The largest absolute Gasteiger partial charge is 0.418 e. The topological polar surface area (TPSA) is 51.0 Å². The number of halogens is 2. The summed E-state index contributed by atoms with van der Waals surface area (Å²) >= 11 is 9.50. The maximum atomic E-state index is 6.05. The van der Waals surface area contributed by atoms with Crippen LogP contribution in [0.2, 0.25) is 5.02 Å². The second-order valence-electron chi connectivity index (χ2n) is 5.95. The summed E-state index contributed by atoms with van der Waals surface area (Å²) in [7, 11) is 0. The molecule has 4 rings (SSSR count). The Morgan fingerprint density at radius 3 is 2.26 bits per heavy atom. The summed E-state index contributed by atoms with van der Waals surface area (Å²) in [6.45, 7) is 0. The van der Waals surface area contributed by atoms with Crippen LogP contribution >= 0.6 is 27.5 Å². The first-order valence-corrected chi connectivity index (χ1v) is 9.52. The molecule has 27 heavy (non-hydrogen) atoms. The SMILES string of the molecule is Clc1ccc([C@H](Nc2ccc(Br)cc2)c2nnc(-c3ccccc3)o2)cc1. The average Bonchev–Trinajstić information content (AvgIpc) is 3.19. The van der Waals surface area contributed by atoms with E-state index in [0.29, 0.717) is 16.8 Å². The van der Waals surface area contributed by atoms with Crippen LogP contribution in [-0.4, -0.2) is 10.2 Å². The third-order valence-electron chi connectivity index (χ3n) is 4.07. The lowest BCUT2D eigenvalue weighted by Gasteiger charge is -2.17. The summed E-state index contributed by atoms with van der Waals surface area (Å²) in [5, 5.41) is 12.6. The first-order valence-electron chi connectivity index (χ1n) is 8.35. The zero-order valence-electron chi connectivity index (χ0n) is 14.1. The van der Waals surface area contributed by atoms with E-state index in [1.807, 2.05) is 78.9 Å². The van der Waals surface area contributed by atoms with Crippen molar-refractivity contribution in [1.29, 1.82) is 0 Å². The van der Waals surface area contributed by atoms with E-state index in [1.54, 1.807) is 0 Å². The lowest BCUT2D eigenvalue weighted by atomic mass is 10.1. The Kier molecular flexibility index (Phi) is 5.23. The Morgan fingerprint density at radius 2 is 1.56 bits per heavy atom. The summed E-state index contributed by atoms with van der Waals surface area (Å²) < 4.78 is 7.00. The smallest absolute Gasteiger partial charge is 0.247 e. The summed E-state index contributed by atoms with van der Waals surface area (Å²) in [5.41, 5.74) is 2.80. The molecule has 1 atom stereocenters. The van der Waals surface area contributed by atoms with Gasteiger partial charge in [-0.3, -0.25) is 0 Å². The Hall–Kier alpha value is -2.63. The van der Waals surface area contributed by atoms with Gasteiger partial charge in [0.15, 0.2) is 0 Å². The predicted molar refractivity (Wildman–Crippen MR) is 111 cm³/mol. The van der Waals surface area contributed by atoms with Crippen LogP contribution in [0.4, 0.5) is 5.69 Å². The molecule has 0 spiro atoms. The second kappa shape index (κ2) is 7.94. The first-order chi connectivity index (χ1) is 13.2. The van der Waals surface area contributed by atoms with Crippen LogP contribution < -0.4 is 5.32 Å². The molecule has 3 aromatic carbocycles. The quantitative estimate of drug-likeness (QED) is 0.392. The van der Waals surface area contributed by atoms with Crippen molar-refractivity contribution in [2.45, 2.75) is 6.04 Å². The van der Waals surface area contributed by atoms with Crippen LogP contribution in [-0.2, 0) is 0 Å². The van der Waals surface area contributed by atoms with E-state index in [2.05, 4.69) is 31.4 Å². The van der Waals surface area contributed by atoms with Crippen LogP contribution in [0.5, 0.6) is 0 Å². The van der Waals surface area contributed by atoms with E-state index in [4.69, 9.17) is 16.0 Å². The van der Waals surface area contributed by atoms with Crippen molar-refractivity contribution < 1.29 is 4.42 Å². The fourth-order valence-electron chi connectivity index (χ4n) is 2.70. The number of anilines is 1. The number of nitrogens with zero attached hydrogens (tertiary/aromatic N) is 2. The van der Waals surface area contributed by atoms with Crippen LogP contribution in [0.25, 0.3) is 11.5 Å². The Bertz CT molecular complexity index is 1020. The van der Waals surface area contributed by atoms with Crippen molar-refractivity contribution >= 4 is 33.2 Å². The first kappa shape index (κ1) is 17.8. The zero-order chi connectivity index (χ0) is 18.6. The highest BCUT2D eigenvalue weighted by molar-refractivity contribution is 9.10. The van der Waals surface area contributed by atoms with Gasteiger partial charge in [-0.1, -0.05) is 57.9 Å². The van der Waals surface area contributed by atoms with Crippen molar-refractivity contribution in [3.05, 3.63) is 99.8 Å². The molecule has 1 heterocycles. The van der Waals surface area contributed by atoms with Crippen molar-refractivity contribution in [2.75, 3.05) is 5.32 Å². The van der Waals surface area contributed by atoms with Crippen LogP contribution in [0.3, 0.4) is 0 Å². The molecule has 0 aliphatic rings. The molecular weight excluding hydrogens is 426 g/mol. The molecule has 1 aromatic heterocycles. The van der Waals surface area contributed by atoms with Gasteiger partial charge in [0.1, 0.15) is 6.04 Å². The number of hydrogen-bond donors (Lipinski definition) is 1. The fraction of sp³-hybridized carbons (Fsp3) is 0.0476. The lowest BCUT2D eigenvalue weighted by molar-refractivity contribution is 0.494. The molecule has 6 heteroatoms. The maximum absolute atomic E-state index is 6.05. The normalized spacial score (nSPS) is 11.9. The molecule has 0 radical (unpaired) electrons. The van der Waals surface area contributed by atoms with Crippen molar-refractivity contribution in [3.8, 4) is 11.5 Å². The summed E-state index contributed by atoms with van der Waals surface area (Å²) in [4.78, 5) is 0. The molecule has 0 amide bonds. The molecular formula is C21H15BrClN3O. The molecule has 0 bridgehead atoms. The van der Waals surface area contributed by atoms with E-state index in [1.165, 1.54) is 0 Å². The number of rotatable bonds is 5.